The monoisotopic (exact) mass is 375 g/mol. The van der Waals surface area contributed by atoms with Crippen molar-refractivity contribution in [2.45, 2.75) is 25.9 Å². The van der Waals surface area contributed by atoms with E-state index in [0.29, 0.717) is 5.89 Å². The fourth-order valence-electron chi connectivity index (χ4n) is 2.52. The van der Waals surface area contributed by atoms with Crippen LogP contribution < -0.4 is 5.32 Å². The number of nitrogens with zero attached hydrogens (tertiary/aromatic N) is 2. The van der Waals surface area contributed by atoms with Crippen molar-refractivity contribution in [3.05, 3.63) is 65.5 Å². The Hall–Kier alpha value is -3.16. The Morgan fingerprint density at radius 3 is 2.63 bits per heavy atom. The fourth-order valence-corrected chi connectivity index (χ4v) is 2.52. The molecule has 2 aromatic carbocycles. The molecule has 1 amide bonds. The molecule has 0 bridgehead atoms. The highest BCUT2D eigenvalue weighted by Gasteiger charge is 2.33. The van der Waals surface area contributed by atoms with E-state index >= 15 is 0 Å². The third-order valence-electron chi connectivity index (χ3n) is 3.80. The van der Waals surface area contributed by atoms with E-state index in [1.165, 1.54) is 18.2 Å². The first-order valence-electron chi connectivity index (χ1n) is 8.18. The van der Waals surface area contributed by atoms with Gasteiger partial charge in [-0.15, -0.1) is 10.2 Å². The molecule has 140 valence electrons. The van der Waals surface area contributed by atoms with Gasteiger partial charge >= 0.3 is 6.18 Å². The summed E-state index contributed by atoms with van der Waals surface area (Å²) in [6.07, 6.45) is -4.50. The normalized spacial score (nSPS) is 11.4. The minimum absolute atomic E-state index is 0.0817. The minimum Gasteiger partial charge on any atom is -0.421 e. The van der Waals surface area contributed by atoms with Crippen molar-refractivity contribution in [3.63, 3.8) is 0 Å². The number of aromatic nitrogens is 2. The van der Waals surface area contributed by atoms with Crippen LogP contribution in [0, 0.1) is 6.92 Å². The first-order valence-corrected chi connectivity index (χ1v) is 8.18. The lowest BCUT2D eigenvalue weighted by Crippen LogP contribution is -2.16. The van der Waals surface area contributed by atoms with Crippen molar-refractivity contribution in [3.8, 4) is 11.5 Å². The van der Waals surface area contributed by atoms with Crippen LogP contribution in [0.2, 0.25) is 0 Å². The number of amides is 1. The molecule has 1 N–H and O–H groups in total. The van der Waals surface area contributed by atoms with Crippen LogP contribution in [0.25, 0.3) is 11.5 Å². The van der Waals surface area contributed by atoms with Gasteiger partial charge in [-0.1, -0.05) is 29.8 Å². The van der Waals surface area contributed by atoms with Crippen LogP contribution in [-0.2, 0) is 17.4 Å². The quantitative estimate of drug-likeness (QED) is 0.706. The predicted molar refractivity (Wildman–Crippen MR) is 92.9 cm³/mol. The molecule has 0 aliphatic heterocycles. The van der Waals surface area contributed by atoms with E-state index < -0.39 is 17.6 Å². The number of para-hydroxylation sites is 1. The SMILES string of the molecule is Cc1cccc(-c2nnc(CCC(=O)Nc3ccccc3C(F)(F)F)o2)c1. The van der Waals surface area contributed by atoms with Gasteiger partial charge in [0, 0.05) is 18.4 Å². The maximum atomic E-state index is 13.0. The fraction of sp³-hybridized carbons (Fsp3) is 0.211. The summed E-state index contributed by atoms with van der Waals surface area (Å²) in [6, 6.07) is 12.3. The summed E-state index contributed by atoms with van der Waals surface area (Å²) in [5.41, 5.74) is 0.631. The summed E-state index contributed by atoms with van der Waals surface area (Å²) in [7, 11) is 0. The average molecular weight is 375 g/mol. The molecular weight excluding hydrogens is 359 g/mol. The Kier molecular flexibility index (Phi) is 5.25. The smallest absolute Gasteiger partial charge is 0.418 e. The molecule has 0 atom stereocenters. The number of anilines is 1. The molecule has 0 saturated heterocycles. The van der Waals surface area contributed by atoms with E-state index in [2.05, 4.69) is 15.5 Å². The summed E-state index contributed by atoms with van der Waals surface area (Å²) in [4.78, 5) is 12.0. The number of carbonyl (C=O) groups is 1. The average Bonchev–Trinajstić information content (AvgIpc) is 3.09. The summed E-state index contributed by atoms with van der Waals surface area (Å²) in [5, 5.41) is 10.1. The van der Waals surface area contributed by atoms with Crippen LogP contribution >= 0.6 is 0 Å². The summed E-state index contributed by atoms with van der Waals surface area (Å²) >= 11 is 0. The number of hydrogen-bond acceptors (Lipinski definition) is 4. The van der Waals surface area contributed by atoms with Gasteiger partial charge in [0.1, 0.15) is 0 Å². The standard InChI is InChI=1S/C19H16F3N3O2/c1-12-5-4-6-13(11-12)18-25-24-17(27-18)10-9-16(26)23-15-8-3-2-7-14(15)19(20,21)22/h2-8,11H,9-10H2,1H3,(H,23,26). The zero-order valence-corrected chi connectivity index (χ0v) is 14.4. The molecular formula is C19H16F3N3O2. The number of aryl methyl sites for hydroxylation is 2. The number of rotatable bonds is 5. The highest BCUT2D eigenvalue weighted by Crippen LogP contribution is 2.34. The first-order chi connectivity index (χ1) is 12.8. The van der Waals surface area contributed by atoms with Gasteiger partial charge in [-0.25, -0.2) is 0 Å². The van der Waals surface area contributed by atoms with Crippen molar-refractivity contribution >= 4 is 11.6 Å². The summed E-state index contributed by atoms with van der Waals surface area (Å²) < 4.78 is 44.4. The van der Waals surface area contributed by atoms with Crippen molar-refractivity contribution in [1.82, 2.24) is 10.2 Å². The van der Waals surface area contributed by atoms with E-state index in [1.54, 1.807) is 0 Å². The van der Waals surface area contributed by atoms with E-state index in [-0.39, 0.29) is 24.4 Å². The lowest BCUT2D eigenvalue weighted by atomic mass is 10.1. The largest absolute Gasteiger partial charge is 0.421 e. The minimum atomic E-state index is -4.54. The van der Waals surface area contributed by atoms with Gasteiger partial charge in [0.15, 0.2) is 0 Å². The van der Waals surface area contributed by atoms with Crippen LogP contribution in [0.15, 0.2) is 52.9 Å². The van der Waals surface area contributed by atoms with E-state index in [1.807, 2.05) is 31.2 Å². The Bertz CT molecular complexity index is 951. The van der Waals surface area contributed by atoms with Crippen LogP contribution in [0.3, 0.4) is 0 Å². The summed E-state index contributed by atoms with van der Waals surface area (Å²) in [5.74, 6) is 0.00398. The maximum absolute atomic E-state index is 13.0. The van der Waals surface area contributed by atoms with Gasteiger partial charge in [0.05, 0.1) is 11.3 Å². The molecule has 3 rings (SSSR count). The lowest BCUT2D eigenvalue weighted by Gasteiger charge is -2.13. The Morgan fingerprint density at radius 2 is 1.89 bits per heavy atom. The molecule has 0 saturated carbocycles. The van der Waals surface area contributed by atoms with Crippen LogP contribution in [0.4, 0.5) is 18.9 Å². The van der Waals surface area contributed by atoms with Gasteiger partial charge in [-0.3, -0.25) is 4.79 Å². The van der Waals surface area contributed by atoms with Crippen molar-refractivity contribution in [2.75, 3.05) is 5.32 Å². The van der Waals surface area contributed by atoms with Gasteiger partial charge < -0.3 is 9.73 Å². The molecule has 0 unspecified atom stereocenters. The zero-order chi connectivity index (χ0) is 19.4. The molecule has 8 heteroatoms. The topological polar surface area (TPSA) is 68.0 Å². The number of benzene rings is 2. The Balaban J connectivity index is 1.62. The predicted octanol–water partition coefficient (Wildman–Crippen LogP) is 4.64. The van der Waals surface area contributed by atoms with Crippen molar-refractivity contribution in [1.29, 1.82) is 0 Å². The number of hydrogen-bond donors (Lipinski definition) is 1. The maximum Gasteiger partial charge on any atom is 0.418 e. The Morgan fingerprint density at radius 1 is 1.11 bits per heavy atom. The van der Waals surface area contributed by atoms with E-state index in [9.17, 15) is 18.0 Å². The Labute approximate surface area is 153 Å². The third-order valence-corrected chi connectivity index (χ3v) is 3.80. The molecule has 0 aliphatic rings. The van der Waals surface area contributed by atoms with Crippen LogP contribution in [-0.4, -0.2) is 16.1 Å². The third kappa shape index (κ3) is 4.72. The second kappa shape index (κ2) is 7.61. The lowest BCUT2D eigenvalue weighted by molar-refractivity contribution is -0.137. The molecule has 27 heavy (non-hydrogen) atoms. The van der Waals surface area contributed by atoms with Gasteiger partial charge in [0.25, 0.3) is 0 Å². The molecule has 5 nitrogen and oxygen atoms in total. The van der Waals surface area contributed by atoms with Crippen LogP contribution in [0.1, 0.15) is 23.4 Å². The first kappa shape index (κ1) is 18.6. The summed E-state index contributed by atoms with van der Waals surface area (Å²) in [6.45, 7) is 1.93. The van der Waals surface area contributed by atoms with Gasteiger partial charge in [-0.2, -0.15) is 13.2 Å². The van der Waals surface area contributed by atoms with Crippen molar-refractivity contribution < 1.29 is 22.4 Å². The number of alkyl halides is 3. The molecule has 1 aromatic heterocycles. The molecule has 3 aromatic rings. The highest BCUT2D eigenvalue weighted by atomic mass is 19.4. The molecule has 0 aliphatic carbocycles. The zero-order valence-electron chi connectivity index (χ0n) is 14.4. The number of nitrogens with one attached hydrogen (secondary N) is 1. The molecule has 0 fully saturated rings. The molecule has 0 radical (unpaired) electrons. The second-order valence-corrected chi connectivity index (χ2v) is 5.96. The van der Waals surface area contributed by atoms with Crippen molar-refractivity contribution in [2.24, 2.45) is 0 Å². The number of halogens is 3. The molecule has 0 spiro atoms. The second-order valence-electron chi connectivity index (χ2n) is 5.96. The van der Waals surface area contributed by atoms with Crippen LogP contribution in [0.5, 0.6) is 0 Å². The van der Waals surface area contributed by atoms with Gasteiger partial charge in [-0.05, 0) is 31.2 Å². The number of carbonyl (C=O) groups excluding carboxylic acids is 1. The highest BCUT2D eigenvalue weighted by molar-refractivity contribution is 5.91. The van der Waals surface area contributed by atoms with E-state index in [4.69, 9.17) is 4.42 Å². The van der Waals surface area contributed by atoms with E-state index in [0.717, 1.165) is 17.2 Å². The molecule has 1 heterocycles. The van der Waals surface area contributed by atoms with Gasteiger partial charge in [0.2, 0.25) is 17.7 Å².